The van der Waals surface area contributed by atoms with Crippen LogP contribution in [-0.2, 0) is 0 Å². The van der Waals surface area contributed by atoms with Gasteiger partial charge in [0.25, 0.3) is 0 Å². The van der Waals surface area contributed by atoms with Crippen molar-refractivity contribution in [2.45, 2.75) is 91.9 Å². The SMILES string of the molecule is C=CCC1=CC(C)CCCC(CC(C)=CCCCCC(C)=NCCC)=C1. The van der Waals surface area contributed by atoms with E-state index in [0.717, 1.165) is 32.2 Å². The van der Waals surface area contributed by atoms with E-state index in [0.29, 0.717) is 5.92 Å². The first-order chi connectivity index (χ1) is 12.5. The van der Waals surface area contributed by atoms with Crippen LogP contribution >= 0.6 is 0 Å². The van der Waals surface area contributed by atoms with Crippen LogP contribution in [0.5, 0.6) is 0 Å². The van der Waals surface area contributed by atoms with Crippen molar-refractivity contribution in [2.75, 3.05) is 6.54 Å². The van der Waals surface area contributed by atoms with Crippen molar-refractivity contribution < 1.29 is 0 Å². The highest BCUT2D eigenvalue weighted by molar-refractivity contribution is 5.81. The smallest absolute Gasteiger partial charge is 0.0385 e. The average molecular weight is 356 g/mol. The maximum absolute atomic E-state index is 4.58. The molecule has 0 aromatic rings. The summed E-state index contributed by atoms with van der Waals surface area (Å²) in [6.45, 7) is 13.9. The fraction of sp³-hybridized carbons (Fsp3) is 0.640. The number of allylic oxidation sites excluding steroid dienone is 7. The Labute approximate surface area is 163 Å². The second kappa shape index (κ2) is 13.8. The van der Waals surface area contributed by atoms with Gasteiger partial charge in [-0.3, -0.25) is 4.99 Å². The lowest BCUT2D eigenvalue weighted by molar-refractivity contribution is 0.593. The molecular weight excluding hydrogens is 314 g/mol. The number of hydrogen-bond donors (Lipinski definition) is 0. The lowest BCUT2D eigenvalue weighted by Gasteiger charge is -2.16. The second-order valence-electron chi connectivity index (χ2n) is 8.00. The molecule has 0 fully saturated rings. The Balaban J connectivity index is 2.46. The minimum atomic E-state index is 0.698. The summed E-state index contributed by atoms with van der Waals surface area (Å²) in [7, 11) is 0. The normalized spacial score (nSPS) is 19.5. The Bertz CT molecular complexity index is 530. The van der Waals surface area contributed by atoms with Gasteiger partial charge in [0.1, 0.15) is 0 Å². The van der Waals surface area contributed by atoms with Crippen LogP contribution in [0, 0.1) is 5.92 Å². The van der Waals surface area contributed by atoms with Gasteiger partial charge in [-0.05, 0) is 89.5 Å². The van der Waals surface area contributed by atoms with E-state index in [1.807, 2.05) is 6.08 Å². The van der Waals surface area contributed by atoms with Gasteiger partial charge >= 0.3 is 0 Å². The van der Waals surface area contributed by atoms with Crippen LogP contribution in [0.2, 0.25) is 0 Å². The molecule has 1 unspecified atom stereocenters. The maximum atomic E-state index is 4.58. The van der Waals surface area contributed by atoms with Gasteiger partial charge in [-0.25, -0.2) is 0 Å². The molecule has 0 aromatic heterocycles. The summed E-state index contributed by atoms with van der Waals surface area (Å²) >= 11 is 0. The average Bonchev–Trinajstić information content (AvgIpc) is 2.58. The van der Waals surface area contributed by atoms with E-state index in [1.165, 1.54) is 55.4 Å². The fourth-order valence-electron chi connectivity index (χ4n) is 3.60. The Morgan fingerprint density at radius 3 is 2.85 bits per heavy atom. The maximum Gasteiger partial charge on any atom is 0.0385 e. The first-order valence-corrected chi connectivity index (χ1v) is 10.7. The van der Waals surface area contributed by atoms with Crippen LogP contribution < -0.4 is 0 Å². The summed E-state index contributed by atoms with van der Waals surface area (Å²) in [5.41, 5.74) is 5.90. The van der Waals surface area contributed by atoms with Gasteiger partial charge in [0.2, 0.25) is 0 Å². The molecule has 26 heavy (non-hydrogen) atoms. The zero-order chi connectivity index (χ0) is 19.2. The van der Waals surface area contributed by atoms with E-state index in [4.69, 9.17) is 0 Å². The number of rotatable bonds is 11. The molecule has 1 heteroatoms. The van der Waals surface area contributed by atoms with Crippen LogP contribution in [-0.4, -0.2) is 12.3 Å². The Morgan fingerprint density at radius 2 is 2.12 bits per heavy atom. The lowest BCUT2D eigenvalue weighted by Crippen LogP contribution is -1.98. The molecule has 1 nitrogen and oxygen atoms in total. The molecule has 0 aromatic carbocycles. The van der Waals surface area contributed by atoms with E-state index < -0.39 is 0 Å². The molecule has 1 rings (SSSR count). The Kier molecular flexibility index (Phi) is 12.0. The number of hydrogen-bond acceptors (Lipinski definition) is 1. The van der Waals surface area contributed by atoms with Gasteiger partial charge in [0.05, 0.1) is 0 Å². The highest BCUT2D eigenvalue weighted by Gasteiger charge is 2.08. The zero-order valence-corrected chi connectivity index (χ0v) is 17.8. The van der Waals surface area contributed by atoms with E-state index >= 15 is 0 Å². The van der Waals surface area contributed by atoms with Gasteiger partial charge in [0.15, 0.2) is 0 Å². The highest BCUT2D eigenvalue weighted by Crippen LogP contribution is 2.26. The van der Waals surface area contributed by atoms with Gasteiger partial charge in [0, 0.05) is 12.3 Å². The van der Waals surface area contributed by atoms with E-state index in [2.05, 4.69) is 57.5 Å². The number of nitrogens with zero attached hydrogens (tertiary/aromatic N) is 1. The van der Waals surface area contributed by atoms with E-state index in [9.17, 15) is 0 Å². The molecule has 0 heterocycles. The van der Waals surface area contributed by atoms with Gasteiger partial charge in [-0.1, -0.05) is 49.3 Å². The monoisotopic (exact) mass is 355 g/mol. The molecule has 0 bridgehead atoms. The van der Waals surface area contributed by atoms with Gasteiger partial charge < -0.3 is 0 Å². The fourth-order valence-corrected chi connectivity index (χ4v) is 3.60. The summed E-state index contributed by atoms with van der Waals surface area (Å²) in [5.74, 6) is 0.698. The third kappa shape index (κ3) is 10.6. The van der Waals surface area contributed by atoms with Crippen molar-refractivity contribution in [1.82, 2.24) is 0 Å². The molecule has 0 N–H and O–H groups in total. The van der Waals surface area contributed by atoms with Crippen LogP contribution in [0.25, 0.3) is 0 Å². The summed E-state index contributed by atoms with van der Waals surface area (Å²) in [6, 6.07) is 0. The minimum Gasteiger partial charge on any atom is -0.294 e. The van der Waals surface area contributed by atoms with Crippen LogP contribution in [0.3, 0.4) is 0 Å². The summed E-state index contributed by atoms with van der Waals surface area (Å²) in [4.78, 5) is 4.58. The topological polar surface area (TPSA) is 12.4 Å². The lowest BCUT2D eigenvalue weighted by atomic mass is 9.90. The summed E-state index contributed by atoms with van der Waals surface area (Å²) in [5, 5.41) is 0. The van der Waals surface area contributed by atoms with Crippen molar-refractivity contribution in [3.05, 3.63) is 47.6 Å². The molecule has 1 aliphatic rings. The van der Waals surface area contributed by atoms with E-state index in [1.54, 1.807) is 5.57 Å². The van der Waals surface area contributed by atoms with Crippen LogP contribution in [0.1, 0.15) is 91.9 Å². The quantitative estimate of drug-likeness (QED) is 0.202. The van der Waals surface area contributed by atoms with Crippen LogP contribution in [0.4, 0.5) is 0 Å². The molecule has 1 aliphatic carbocycles. The molecule has 0 spiro atoms. The summed E-state index contributed by atoms with van der Waals surface area (Å²) < 4.78 is 0. The van der Waals surface area contributed by atoms with Crippen molar-refractivity contribution in [2.24, 2.45) is 10.9 Å². The molecule has 0 aliphatic heterocycles. The molecular formula is C25H41N. The molecule has 0 saturated carbocycles. The summed E-state index contributed by atoms with van der Waals surface area (Å²) in [6.07, 6.45) is 21.4. The largest absolute Gasteiger partial charge is 0.294 e. The molecule has 146 valence electrons. The van der Waals surface area contributed by atoms with Gasteiger partial charge in [-0.15, -0.1) is 6.58 Å². The van der Waals surface area contributed by atoms with Crippen molar-refractivity contribution >= 4 is 5.71 Å². The number of aliphatic imine (C=N–C) groups is 1. The third-order valence-electron chi connectivity index (χ3n) is 5.02. The first-order valence-electron chi connectivity index (χ1n) is 10.7. The molecule has 1 atom stereocenters. The van der Waals surface area contributed by atoms with Gasteiger partial charge in [-0.2, -0.15) is 0 Å². The van der Waals surface area contributed by atoms with Crippen molar-refractivity contribution in [3.63, 3.8) is 0 Å². The molecule has 0 saturated heterocycles. The van der Waals surface area contributed by atoms with Crippen LogP contribution in [0.15, 0.2) is 52.6 Å². The second-order valence-corrected chi connectivity index (χ2v) is 8.00. The highest BCUT2D eigenvalue weighted by atomic mass is 14.7. The number of unbranched alkanes of at least 4 members (excludes halogenated alkanes) is 2. The van der Waals surface area contributed by atoms with Crippen molar-refractivity contribution in [3.8, 4) is 0 Å². The predicted octanol–water partition coefficient (Wildman–Crippen LogP) is 8.00. The molecule has 0 amide bonds. The predicted molar refractivity (Wildman–Crippen MR) is 119 cm³/mol. The first kappa shape index (κ1) is 22.7. The molecule has 0 radical (unpaired) electrons. The third-order valence-corrected chi connectivity index (χ3v) is 5.02. The Hall–Kier alpha value is -1.37. The Morgan fingerprint density at radius 1 is 1.31 bits per heavy atom. The minimum absolute atomic E-state index is 0.698. The van der Waals surface area contributed by atoms with E-state index in [-0.39, 0.29) is 0 Å². The standard InChI is InChI=1S/C25H41N/c1-6-12-24-18-22(4)14-11-16-25(20-24)19-21(3)13-9-8-10-15-23(5)26-17-7-2/h6,13,18,20,22H,1,7-12,14-17,19H2,2-5H3. The van der Waals surface area contributed by atoms with Crippen molar-refractivity contribution in [1.29, 1.82) is 0 Å². The zero-order valence-electron chi connectivity index (χ0n) is 17.8.